The van der Waals surface area contributed by atoms with Crippen molar-refractivity contribution in [3.05, 3.63) is 23.8 Å². The summed E-state index contributed by atoms with van der Waals surface area (Å²) in [5.41, 5.74) is 13.4. The molecule has 2 rings (SSSR count). The van der Waals surface area contributed by atoms with Gasteiger partial charge in [-0.1, -0.05) is 26.3 Å². The summed E-state index contributed by atoms with van der Waals surface area (Å²) >= 11 is 0. The summed E-state index contributed by atoms with van der Waals surface area (Å²) in [5, 5.41) is 3.47. The molecular formula is C15H23N3O. The molecule has 1 aliphatic rings. The average molecular weight is 261 g/mol. The zero-order valence-electron chi connectivity index (χ0n) is 11.7. The van der Waals surface area contributed by atoms with E-state index in [0.717, 1.165) is 18.5 Å². The monoisotopic (exact) mass is 261 g/mol. The van der Waals surface area contributed by atoms with Crippen LogP contribution in [0.1, 0.15) is 49.9 Å². The van der Waals surface area contributed by atoms with Crippen LogP contribution in [0.25, 0.3) is 0 Å². The molecule has 1 fully saturated rings. The number of nitrogens with one attached hydrogen (secondary N) is 1. The van der Waals surface area contributed by atoms with Crippen molar-refractivity contribution < 1.29 is 4.79 Å². The van der Waals surface area contributed by atoms with Gasteiger partial charge < -0.3 is 16.8 Å². The van der Waals surface area contributed by atoms with Crippen molar-refractivity contribution in [2.24, 2.45) is 11.1 Å². The quantitative estimate of drug-likeness (QED) is 0.732. The molecule has 0 radical (unpaired) electrons. The van der Waals surface area contributed by atoms with Crippen LogP contribution in [0.5, 0.6) is 0 Å². The topological polar surface area (TPSA) is 81.1 Å². The standard InChI is InChI=1S/C15H23N3O/c1-15(2)8-4-5-10(9-15)18-12-7-3-6-11(13(12)16)14(17)19/h3,6-7,10,18H,4-5,8-9,16H2,1-2H3,(H2,17,19). The van der Waals surface area contributed by atoms with Crippen LogP contribution in [0, 0.1) is 5.41 Å². The number of para-hydroxylation sites is 1. The minimum absolute atomic E-state index is 0.367. The number of primary amides is 1. The number of anilines is 2. The predicted molar refractivity (Wildman–Crippen MR) is 79.0 cm³/mol. The van der Waals surface area contributed by atoms with Gasteiger partial charge in [-0.3, -0.25) is 4.79 Å². The number of benzene rings is 1. The molecule has 0 saturated heterocycles. The smallest absolute Gasteiger partial charge is 0.250 e. The Balaban J connectivity index is 2.15. The van der Waals surface area contributed by atoms with Gasteiger partial charge in [-0.05, 0) is 36.8 Å². The lowest BCUT2D eigenvalue weighted by molar-refractivity contribution is 0.100. The highest BCUT2D eigenvalue weighted by atomic mass is 16.1. The lowest BCUT2D eigenvalue weighted by Crippen LogP contribution is -2.32. The third-order valence-corrected chi connectivity index (χ3v) is 3.94. The SMILES string of the molecule is CC1(C)CCCC(Nc2cccc(C(N)=O)c2N)C1. The first-order valence-electron chi connectivity index (χ1n) is 6.84. The van der Waals surface area contributed by atoms with E-state index in [-0.39, 0.29) is 0 Å². The van der Waals surface area contributed by atoms with Crippen LogP contribution >= 0.6 is 0 Å². The molecule has 104 valence electrons. The molecule has 4 heteroatoms. The van der Waals surface area contributed by atoms with Crippen molar-refractivity contribution in [1.82, 2.24) is 0 Å². The summed E-state index contributed by atoms with van der Waals surface area (Å²) < 4.78 is 0. The lowest BCUT2D eigenvalue weighted by atomic mass is 9.75. The number of rotatable bonds is 3. The van der Waals surface area contributed by atoms with Gasteiger partial charge >= 0.3 is 0 Å². The Hall–Kier alpha value is -1.71. The normalized spacial score (nSPS) is 21.9. The summed E-state index contributed by atoms with van der Waals surface area (Å²) in [4.78, 5) is 11.3. The first-order valence-corrected chi connectivity index (χ1v) is 6.84. The van der Waals surface area contributed by atoms with Crippen LogP contribution in [0.15, 0.2) is 18.2 Å². The Morgan fingerprint density at radius 2 is 2.16 bits per heavy atom. The molecule has 1 saturated carbocycles. The molecular weight excluding hydrogens is 238 g/mol. The molecule has 1 aromatic carbocycles. The van der Waals surface area contributed by atoms with Crippen LogP contribution in [0.2, 0.25) is 0 Å². The minimum Gasteiger partial charge on any atom is -0.396 e. The molecule has 1 amide bonds. The summed E-state index contributed by atoms with van der Waals surface area (Å²) in [6.07, 6.45) is 4.75. The van der Waals surface area contributed by atoms with E-state index < -0.39 is 5.91 Å². The van der Waals surface area contributed by atoms with Gasteiger partial charge in [0, 0.05) is 6.04 Å². The number of nitrogen functional groups attached to an aromatic ring is 1. The maximum Gasteiger partial charge on any atom is 0.250 e. The Morgan fingerprint density at radius 1 is 1.42 bits per heavy atom. The van der Waals surface area contributed by atoms with E-state index in [0.29, 0.717) is 22.7 Å². The van der Waals surface area contributed by atoms with E-state index >= 15 is 0 Å². The van der Waals surface area contributed by atoms with E-state index in [1.165, 1.54) is 12.8 Å². The molecule has 0 aromatic heterocycles. The molecule has 4 nitrogen and oxygen atoms in total. The third-order valence-electron chi connectivity index (χ3n) is 3.94. The Labute approximate surface area is 114 Å². The lowest BCUT2D eigenvalue weighted by Gasteiger charge is -2.36. The van der Waals surface area contributed by atoms with Crippen molar-refractivity contribution in [2.75, 3.05) is 11.1 Å². The largest absolute Gasteiger partial charge is 0.396 e. The fourth-order valence-electron chi connectivity index (χ4n) is 2.95. The number of carbonyl (C=O) groups excluding carboxylic acids is 1. The first-order chi connectivity index (χ1) is 8.89. The van der Waals surface area contributed by atoms with E-state index in [9.17, 15) is 4.79 Å². The molecule has 0 bridgehead atoms. The van der Waals surface area contributed by atoms with Gasteiger partial charge in [-0.15, -0.1) is 0 Å². The molecule has 19 heavy (non-hydrogen) atoms. The first kappa shape index (κ1) is 13.7. The Bertz CT molecular complexity index is 482. The summed E-state index contributed by atoms with van der Waals surface area (Å²) in [6.45, 7) is 4.59. The summed E-state index contributed by atoms with van der Waals surface area (Å²) in [6, 6.07) is 5.79. The van der Waals surface area contributed by atoms with Crippen molar-refractivity contribution in [3.63, 3.8) is 0 Å². The van der Waals surface area contributed by atoms with Gasteiger partial charge in [-0.2, -0.15) is 0 Å². The Kier molecular flexibility index (Phi) is 3.69. The second-order valence-electron chi connectivity index (χ2n) is 6.23. The molecule has 1 aliphatic carbocycles. The summed E-state index contributed by atoms with van der Waals surface area (Å²) in [5.74, 6) is -0.481. The van der Waals surface area contributed by atoms with Gasteiger partial charge in [0.2, 0.25) is 0 Å². The molecule has 1 atom stereocenters. The van der Waals surface area contributed by atoms with Crippen molar-refractivity contribution in [3.8, 4) is 0 Å². The van der Waals surface area contributed by atoms with E-state index in [1.54, 1.807) is 6.07 Å². The fraction of sp³-hybridized carbons (Fsp3) is 0.533. The highest BCUT2D eigenvalue weighted by Gasteiger charge is 2.28. The van der Waals surface area contributed by atoms with Crippen molar-refractivity contribution >= 4 is 17.3 Å². The van der Waals surface area contributed by atoms with Crippen LogP contribution < -0.4 is 16.8 Å². The van der Waals surface area contributed by atoms with Gasteiger partial charge in [0.05, 0.1) is 16.9 Å². The zero-order chi connectivity index (χ0) is 14.0. The number of carbonyl (C=O) groups is 1. The van der Waals surface area contributed by atoms with Crippen molar-refractivity contribution in [2.45, 2.75) is 45.6 Å². The fourth-order valence-corrected chi connectivity index (χ4v) is 2.95. The van der Waals surface area contributed by atoms with Gasteiger partial charge in [0.1, 0.15) is 0 Å². The van der Waals surface area contributed by atoms with Gasteiger partial charge in [-0.25, -0.2) is 0 Å². The van der Waals surface area contributed by atoms with Gasteiger partial charge in [0.15, 0.2) is 0 Å². The highest BCUT2D eigenvalue weighted by molar-refractivity contribution is 6.00. The maximum atomic E-state index is 11.3. The number of hydrogen-bond donors (Lipinski definition) is 3. The second-order valence-corrected chi connectivity index (χ2v) is 6.23. The highest BCUT2D eigenvalue weighted by Crippen LogP contribution is 2.37. The molecule has 0 spiro atoms. The third kappa shape index (κ3) is 3.19. The van der Waals surface area contributed by atoms with Crippen LogP contribution in [-0.4, -0.2) is 11.9 Å². The van der Waals surface area contributed by atoms with Crippen molar-refractivity contribution in [1.29, 1.82) is 0 Å². The molecule has 1 unspecified atom stereocenters. The predicted octanol–water partition coefficient (Wildman–Crippen LogP) is 2.75. The number of hydrogen-bond acceptors (Lipinski definition) is 3. The minimum atomic E-state index is -0.481. The van der Waals surface area contributed by atoms with E-state index in [2.05, 4.69) is 19.2 Å². The molecule has 0 heterocycles. The van der Waals surface area contributed by atoms with Crippen LogP contribution in [0.4, 0.5) is 11.4 Å². The molecule has 0 aliphatic heterocycles. The van der Waals surface area contributed by atoms with Crippen LogP contribution in [-0.2, 0) is 0 Å². The molecule has 1 aromatic rings. The van der Waals surface area contributed by atoms with E-state index in [4.69, 9.17) is 11.5 Å². The average Bonchev–Trinajstić information content (AvgIpc) is 2.30. The number of amides is 1. The van der Waals surface area contributed by atoms with E-state index in [1.807, 2.05) is 12.1 Å². The zero-order valence-corrected chi connectivity index (χ0v) is 11.7. The molecule has 5 N–H and O–H groups in total. The van der Waals surface area contributed by atoms with Crippen LogP contribution in [0.3, 0.4) is 0 Å². The van der Waals surface area contributed by atoms with Gasteiger partial charge in [0.25, 0.3) is 5.91 Å². The second kappa shape index (κ2) is 5.11. The summed E-state index contributed by atoms with van der Waals surface area (Å²) in [7, 11) is 0. The number of nitrogens with two attached hydrogens (primary N) is 2. The Morgan fingerprint density at radius 3 is 2.79 bits per heavy atom. The maximum absolute atomic E-state index is 11.3.